The van der Waals surface area contributed by atoms with E-state index in [1.165, 1.54) is 0 Å². The van der Waals surface area contributed by atoms with E-state index in [1.54, 1.807) is 24.3 Å². The fourth-order valence-corrected chi connectivity index (χ4v) is 3.26. The Kier molecular flexibility index (Phi) is 4.60. The van der Waals surface area contributed by atoms with Crippen LogP contribution in [0.5, 0.6) is 0 Å². The number of nitriles is 1. The van der Waals surface area contributed by atoms with Gasteiger partial charge in [-0.15, -0.1) is 0 Å². The third-order valence-corrected chi connectivity index (χ3v) is 4.39. The third-order valence-electron chi connectivity index (χ3n) is 3.19. The Bertz CT molecular complexity index is 678. The van der Waals surface area contributed by atoms with Gasteiger partial charge in [-0.1, -0.05) is 18.2 Å². The van der Waals surface area contributed by atoms with Crippen LogP contribution in [0.3, 0.4) is 0 Å². The first-order valence-corrected chi connectivity index (χ1v) is 8.26. The number of ether oxygens (including phenoxy) is 1. The Hall–Kier alpha value is -1.91. The molecule has 1 amide bonds. The fourth-order valence-electron chi connectivity index (χ4n) is 2.07. The van der Waals surface area contributed by atoms with Crippen LogP contribution in [0.25, 0.3) is 0 Å². The number of hydrogen-bond donors (Lipinski definition) is 1. The molecular formula is C14H16N2O4S. The quantitative estimate of drug-likeness (QED) is 0.843. The Balaban J connectivity index is 2.00. The van der Waals surface area contributed by atoms with Gasteiger partial charge in [0.15, 0.2) is 0 Å². The molecule has 0 unspecified atom stereocenters. The van der Waals surface area contributed by atoms with E-state index in [0.29, 0.717) is 18.6 Å². The van der Waals surface area contributed by atoms with Gasteiger partial charge in [0.05, 0.1) is 29.4 Å². The van der Waals surface area contributed by atoms with Crippen molar-refractivity contribution in [1.29, 1.82) is 5.26 Å². The minimum absolute atomic E-state index is 0.184. The summed E-state index contributed by atoms with van der Waals surface area (Å²) in [5.41, 5.74) is 0.659. The van der Waals surface area contributed by atoms with Crippen LogP contribution in [0.2, 0.25) is 0 Å². The fraction of sp³-hybridized carbons (Fsp3) is 0.429. The van der Waals surface area contributed by atoms with Crippen LogP contribution in [-0.4, -0.2) is 27.0 Å². The standard InChI is InChI=1S/C14H16N2O4S/c1-2-20-13-7-12(13)14(17)16-21(18,19)9-11-6-4-3-5-10(11)8-15/h3-6,12-13H,2,7,9H2,1H3,(H,16,17)/t12-,13+/m1/s1. The lowest BCUT2D eigenvalue weighted by Gasteiger charge is -2.08. The minimum atomic E-state index is -3.82. The van der Waals surface area contributed by atoms with Crippen LogP contribution < -0.4 is 4.72 Å². The molecule has 2 atom stereocenters. The van der Waals surface area contributed by atoms with Crippen LogP contribution in [0.1, 0.15) is 24.5 Å². The largest absolute Gasteiger partial charge is 0.378 e. The lowest BCUT2D eigenvalue weighted by Crippen LogP contribution is -2.33. The molecule has 1 aliphatic carbocycles. The number of amides is 1. The zero-order valence-corrected chi connectivity index (χ0v) is 12.4. The van der Waals surface area contributed by atoms with Crippen molar-refractivity contribution in [1.82, 2.24) is 4.72 Å². The SMILES string of the molecule is CCO[C@H]1C[C@H]1C(=O)NS(=O)(=O)Cc1ccccc1C#N. The van der Waals surface area contributed by atoms with Gasteiger partial charge in [0.25, 0.3) is 0 Å². The van der Waals surface area contributed by atoms with Gasteiger partial charge < -0.3 is 4.74 Å². The van der Waals surface area contributed by atoms with Crippen molar-refractivity contribution in [3.8, 4) is 6.07 Å². The average Bonchev–Trinajstić information content (AvgIpc) is 3.18. The Morgan fingerprint density at radius 3 is 2.86 bits per heavy atom. The maximum Gasteiger partial charge on any atom is 0.239 e. The molecule has 1 aromatic carbocycles. The highest BCUT2D eigenvalue weighted by Crippen LogP contribution is 2.33. The van der Waals surface area contributed by atoms with Gasteiger partial charge in [0.2, 0.25) is 15.9 Å². The Morgan fingerprint density at radius 2 is 2.19 bits per heavy atom. The van der Waals surface area contributed by atoms with Crippen LogP contribution in [0.15, 0.2) is 24.3 Å². The summed E-state index contributed by atoms with van der Waals surface area (Å²) in [6.07, 6.45) is 0.362. The second-order valence-electron chi connectivity index (χ2n) is 4.83. The lowest BCUT2D eigenvalue weighted by atomic mass is 10.1. The lowest BCUT2D eigenvalue weighted by molar-refractivity contribution is -0.121. The van der Waals surface area contributed by atoms with Crippen molar-refractivity contribution < 1.29 is 17.9 Å². The molecule has 0 heterocycles. The zero-order chi connectivity index (χ0) is 15.5. The smallest absolute Gasteiger partial charge is 0.239 e. The van der Waals surface area contributed by atoms with E-state index in [-0.39, 0.29) is 11.7 Å². The highest BCUT2D eigenvalue weighted by Gasteiger charge is 2.45. The molecular weight excluding hydrogens is 292 g/mol. The van der Waals surface area contributed by atoms with Crippen LogP contribution in [0, 0.1) is 17.2 Å². The molecule has 112 valence electrons. The van der Waals surface area contributed by atoms with Gasteiger partial charge in [-0.25, -0.2) is 8.42 Å². The van der Waals surface area contributed by atoms with Crippen molar-refractivity contribution in [3.05, 3.63) is 35.4 Å². The second-order valence-corrected chi connectivity index (χ2v) is 6.55. The highest BCUT2D eigenvalue weighted by atomic mass is 32.2. The number of nitrogens with one attached hydrogen (secondary N) is 1. The first-order chi connectivity index (χ1) is 9.96. The number of carbonyl (C=O) groups excluding carboxylic acids is 1. The molecule has 6 nitrogen and oxygen atoms in total. The topological polar surface area (TPSA) is 96.3 Å². The summed E-state index contributed by atoms with van der Waals surface area (Å²) in [6, 6.07) is 8.34. The number of sulfonamides is 1. The maximum absolute atomic E-state index is 12.0. The summed E-state index contributed by atoms with van der Waals surface area (Å²) in [7, 11) is -3.82. The first-order valence-electron chi connectivity index (χ1n) is 6.60. The molecule has 1 aromatic rings. The van der Waals surface area contributed by atoms with Crippen molar-refractivity contribution in [2.24, 2.45) is 5.92 Å². The number of nitrogens with zero attached hydrogens (tertiary/aromatic N) is 1. The molecule has 0 spiro atoms. The van der Waals surface area contributed by atoms with E-state index in [1.807, 2.05) is 13.0 Å². The third kappa shape index (κ3) is 4.03. The normalized spacial score (nSPS) is 20.6. The molecule has 1 N–H and O–H groups in total. The molecule has 2 rings (SSSR count). The summed E-state index contributed by atoms with van der Waals surface area (Å²) in [6.45, 7) is 2.32. The molecule has 21 heavy (non-hydrogen) atoms. The molecule has 1 saturated carbocycles. The summed E-state index contributed by atoms with van der Waals surface area (Å²) in [5.74, 6) is -1.33. The Morgan fingerprint density at radius 1 is 1.48 bits per heavy atom. The van der Waals surface area contributed by atoms with Gasteiger partial charge in [-0.05, 0) is 25.0 Å². The predicted octanol–water partition coefficient (Wildman–Crippen LogP) is 0.929. The number of hydrogen-bond acceptors (Lipinski definition) is 5. The molecule has 0 aromatic heterocycles. The van der Waals surface area contributed by atoms with Crippen LogP contribution in [0.4, 0.5) is 0 Å². The maximum atomic E-state index is 12.0. The number of benzene rings is 1. The summed E-state index contributed by atoms with van der Waals surface area (Å²) >= 11 is 0. The zero-order valence-electron chi connectivity index (χ0n) is 11.6. The van der Waals surface area contributed by atoms with Crippen LogP contribution >= 0.6 is 0 Å². The molecule has 0 saturated heterocycles. The van der Waals surface area contributed by atoms with Crippen LogP contribution in [-0.2, 0) is 25.3 Å². The molecule has 7 heteroatoms. The highest BCUT2D eigenvalue weighted by molar-refractivity contribution is 7.89. The second kappa shape index (κ2) is 6.24. The van der Waals surface area contributed by atoms with Gasteiger partial charge in [-0.3, -0.25) is 9.52 Å². The van der Waals surface area contributed by atoms with E-state index < -0.39 is 27.6 Å². The van der Waals surface area contributed by atoms with E-state index in [9.17, 15) is 13.2 Å². The van der Waals surface area contributed by atoms with E-state index in [4.69, 9.17) is 10.00 Å². The summed E-state index contributed by atoms with van der Waals surface area (Å²) in [5, 5.41) is 8.94. The molecule has 0 radical (unpaired) electrons. The molecule has 0 bridgehead atoms. The number of carbonyl (C=O) groups is 1. The summed E-state index contributed by atoms with van der Waals surface area (Å²) < 4.78 is 31.3. The van der Waals surface area contributed by atoms with E-state index in [0.717, 1.165) is 0 Å². The van der Waals surface area contributed by atoms with Crippen molar-refractivity contribution in [2.75, 3.05) is 6.61 Å². The summed E-state index contributed by atoms with van der Waals surface area (Å²) in [4.78, 5) is 11.8. The average molecular weight is 308 g/mol. The van der Waals surface area contributed by atoms with Gasteiger partial charge in [0, 0.05) is 6.61 Å². The Labute approximate surface area is 123 Å². The number of rotatable bonds is 6. The van der Waals surface area contributed by atoms with Gasteiger partial charge >= 0.3 is 0 Å². The molecule has 1 fully saturated rings. The monoisotopic (exact) mass is 308 g/mol. The van der Waals surface area contributed by atoms with E-state index >= 15 is 0 Å². The van der Waals surface area contributed by atoms with Gasteiger partial charge in [0.1, 0.15) is 0 Å². The van der Waals surface area contributed by atoms with E-state index in [2.05, 4.69) is 4.72 Å². The van der Waals surface area contributed by atoms with Crippen molar-refractivity contribution in [2.45, 2.75) is 25.2 Å². The van der Waals surface area contributed by atoms with Crippen molar-refractivity contribution in [3.63, 3.8) is 0 Å². The van der Waals surface area contributed by atoms with Gasteiger partial charge in [-0.2, -0.15) is 5.26 Å². The first kappa shape index (κ1) is 15.5. The molecule has 0 aliphatic heterocycles. The predicted molar refractivity (Wildman–Crippen MR) is 75.4 cm³/mol. The minimum Gasteiger partial charge on any atom is -0.378 e. The van der Waals surface area contributed by atoms with Crippen molar-refractivity contribution >= 4 is 15.9 Å². The molecule has 1 aliphatic rings.